The Hall–Kier alpha value is -1.73. The number of carbonyl (C=O) groups is 2. The summed E-state index contributed by atoms with van der Waals surface area (Å²) in [7, 11) is -4.76. The van der Waals surface area contributed by atoms with Gasteiger partial charge in [0, 0.05) is 12.8 Å². The molecule has 2 N–H and O–H groups in total. The zero-order chi connectivity index (χ0) is 36.8. The summed E-state index contributed by atoms with van der Waals surface area (Å²) in [6, 6.07) is 0. The third-order valence-corrected chi connectivity index (χ3v) is 9.12. The summed E-state index contributed by atoms with van der Waals surface area (Å²) >= 11 is 0. The highest BCUT2D eigenvalue weighted by Gasteiger charge is 2.22. The maximum Gasteiger partial charge on any atom is 0.469 e. The fourth-order valence-electron chi connectivity index (χ4n) is 5.57. The highest BCUT2D eigenvalue weighted by atomic mass is 31.2. The molecule has 8 nitrogen and oxygen atoms in total. The lowest BCUT2D eigenvalue weighted by Crippen LogP contribution is -2.29. The molecular formula is C41H75O8P. The summed E-state index contributed by atoms with van der Waals surface area (Å²) in [6.45, 7) is 3.64. The molecule has 0 saturated heterocycles. The Morgan fingerprint density at radius 3 is 1.38 bits per heavy atom. The minimum atomic E-state index is -4.76. The first kappa shape index (κ1) is 48.3. The van der Waals surface area contributed by atoms with Gasteiger partial charge in [-0.2, -0.15) is 0 Å². The summed E-state index contributed by atoms with van der Waals surface area (Å²) in [5.41, 5.74) is 0. The van der Waals surface area contributed by atoms with E-state index >= 15 is 0 Å². The summed E-state index contributed by atoms with van der Waals surface area (Å²) in [6.07, 6.45) is 42.9. The van der Waals surface area contributed by atoms with E-state index < -0.39 is 32.5 Å². The quantitative estimate of drug-likeness (QED) is 0.0281. The van der Waals surface area contributed by atoms with Gasteiger partial charge in [-0.3, -0.25) is 14.1 Å². The number of phosphoric ester groups is 1. The molecular weight excluding hydrogens is 651 g/mol. The molecule has 0 heterocycles. The lowest BCUT2D eigenvalue weighted by Gasteiger charge is -2.18. The molecule has 0 saturated carbocycles. The van der Waals surface area contributed by atoms with Crippen molar-refractivity contribution in [2.45, 2.75) is 200 Å². The summed E-state index contributed by atoms with van der Waals surface area (Å²) in [5.74, 6) is -0.904. The molecule has 0 radical (unpaired) electrons. The van der Waals surface area contributed by atoms with Gasteiger partial charge in [0.25, 0.3) is 0 Å². The first-order valence-electron chi connectivity index (χ1n) is 20.3. The number of carbonyl (C=O) groups excluding carboxylic acids is 2. The zero-order valence-corrected chi connectivity index (χ0v) is 32.9. The standard InChI is InChI=1S/C41H75O8P/c1-3-5-7-9-11-13-15-17-19-20-22-24-26-28-30-32-34-36-41(43)49-39(38-48-50(44,45)46)37-47-40(42)35-33-31-29-27-25-23-21-18-16-14-12-10-8-6-4-2/h12,14,17-19,21,39H,3-11,13,15-16,20,22-38H2,1-2H3,(H2,44,45,46)/b14-12+,19-17+,21-18+/t39-/m1/s1. The van der Waals surface area contributed by atoms with Gasteiger partial charge in [-0.1, -0.05) is 147 Å². The predicted molar refractivity (Wildman–Crippen MR) is 207 cm³/mol. The molecule has 292 valence electrons. The fourth-order valence-corrected chi connectivity index (χ4v) is 5.93. The topological polar surface area (TPSA) is 119 Å². The van der Waals surface area contributed by atoms with Crippen LogP contribution in [-0.2, 0) is 28.2 Å². The molecule has 50 heavy (non-hydrogen) atoms. The lowest BCUT2D eigenvalue weighted by molar-refractivity contribution is -0.161. The Bertz CT molecular complexity index is 910. The summed E-state index contributed by atoms with van der Waals surface area (Å²) in [4.78, 5) is 42.8. The molecule has 0 aliphatic heterocycles. The Balaban J connectivity index is 3.96. The molecule has 0 aromatic carbocycles. The van der Waals surface area contributed by atoms with Crippen LogP contribution in [0.2, 0.25) is 0 Å². The molecule has 9 heteroatoms. The van der Waals surface area contributed by atoms with Crippen molar-refractivity contribution in [2.24, 2.45) is 0 Å². The number of hydrogen-bond donors (Lipinski definition) is 2. The Labute approximate surface area is 306 Å². The smallest absolute Gasteiger partial charge is 0.462 e. The average Bonchev–Trinajstić information content (AvgIpc) is 3.08. The summed E-state index contributed by atoms with van der Waals surface area (Å²) < 4.78 is 26.3. The monoisotopic (exact) mass is 727 g/mol. The first-order valence-corrected chi connectivity index (χ1v) is 21.8. The zero-order valence-electron chi connectivity index (χ0n) is 32.0. The van der Waals surface area contributed by atoms with E-state index in [4.69, 9.17) is 19.3 Å². The van der Waals surface area contributed by atoms with Gasteiger partial charge >= 0.3 is 19.8 Å². The van der Waals surface area contributed by atoms with Crippen molar-refractivity contribution >= 4 is 19.8 Å². The SMILES string of the molecule is CCCCC/C=C/C/C=C/CCCCCCCC(=O)OC[C@H](COP(=O)(O)O)OC(=O)CCCCCCCCC/C=C/CCCCCCCC. The highest BCUT2D eigenvalue weighted by Crippen LogP contribution is 2.36. The van der Waals surface area contributed by atoms with Crippen molar-refractivity contribution in [3.05, 3.63) is 36.5 Å². The van der Waals surface area contributed by atoms with Gasteiger partial charge < -0.3 is 19.3 Å². The van der Waals surface area contributed by atoms with E-state index in [1.54, 1.807) is 0 Å². The third kappa shape index (κ3) is 39.1. The number of phosphoric acid groups is 1. The van der Waals surface area contributed by atoms with Crippen molar-refractivity contribution in [2.75, 3.05) is 13.2 Å². The van der Waals surface area contributed by atoms with Crippen LogP contribution in [0, 0.1) is 0 Å². The molecule has 0 spiro atoms. The number of allylic oxidation sites excluding steroid dienone is 6. The van der Waals surface area contributed by atoms with Crippen molar-refractivity contribution < 1.29 is 37.9 Å². The van der Waals surface area contributed by atoms with Crippen molar-refractivity contribution in [3.63, 3.8) is 0 Å². The number of unbranched alkanes of at least 4 members (excludes halogenated alkanes) is 21. The number of ether oxygens (including phenoxy) is 2. The molecule has 0 aliphatic rings. The fraction of sp³-hybridized carbons (Fsp3) is 0.805. The van der Waals surface area contributed by atoms with Crippen LogP contribution >= 0.6 is 7.82 Å². The van der Waals surface area contributed by atoms with Crippen molar-refractivity contribution in [1.29, 1.82) is 0 Å². The van der Waals surface area contributed by atoms with E-state index in [1.807, 2.05) is 0 Å². The predicted octanol–water partition coefficient (Wildman–Crippen LogP) is 12.2. The molecule has 1 atom stereocenters. The average molecular weight is 727 g/mol. The second-order valence-corrected chi connectivity index (χ2v) is 14.8. The van der Waals surface area contributed by atoms with Crippen LogP contribution in [0.4, 0.5) is 0 Å². The molecule has 0 rings (SSSR count). The molecule has 0 bridgehead atoms. The maximum atomic E-state index is 12.4. The van der Waals surface area contributed by atoms with Gasteiger partial charge in [-0.05, 0) is 70.6 Å². The largest absolute Gasteiger partial charge is 0.469 e. The number of rotatable bonds is 37. The van der Waals surface area contributed by atoms with Crippen molar-refractivity contribution in [3.8, 4) is 0 Å². The van der Waals surface area contributed by atoms with E-state index in [0.717, 1.165) is 64.2 Å². The van der Waals surface area contributed by atoms with Crippen LogP contribution in [0.15, 0.2) is 36.5 Å². The van der Waals surface area contributed by atoms with Gasteiger partial charge in [-0.15, -0.1) is 0 Å². The second-order valence-electron chi connectivity index (χ2n) is 13.6. The van der Waals surface area contributed by atoms with Crippen LogP contribution in [0.1, 0.15) is 194 Å². The van der Waals surface area contributed by atoms with Crippen LogP contribution < -0.4 is 0 Å². The second kappa shape index (κ2) is 37.0. The normalized spacial score (nSPS) is 12.8. The van der Waals surface area contributed by atoms with Gasteiger partial charge in [-0.25, -0.2) is 4.57 Å². The molecule has 0 aromatic rings. The molecule has 0 unspecified atom stereocenters. The van der Waals surface area contributed by atoms with Gasteiger partial charge in [0.2, 0.25) is 0 Å². The van der Waals surface area contributed by atoms with Crippen LogP contribution in [-0.4, -0.2) is 41.0 Å². The Kier molecular flexibility index (Phi) is 35.8. The van der Waals surface area contributed by atoms with Crippen molar-refractivity contribution in [1.82, 2.24) is 0 Å². The molecule has 0 amide bonds. The number of esters is 2. The number of hydrogen-bond acceptors (Lipinski definition) is 6. The van der Waals surface area contributed by atoms with E-state index in [-0.39, 0.29) is 19.4 Å². The minimum Gasteiger partial charge on any atom is -0.462 e. The maximum absolute atomic E-state index is 12.4. The van der Waals surface area contributed by atoms with E-state index in [9.17, 15) is 14.2 Å². The van der Waals surface area contributed by atoms with Gasteiger partial charge in [0.15, 0.2) is 6.10 Å². The lowest BCUT2D eigenvalue weighted by atomic mass is 10.1. The van der Waals surface area contributed by atoms with E-state index in [0.29, 0.717) is 12.8 Å². The first-order chi connectivity index (χ1) is 24.3. The Morgan fingerprint density at radius 2 is 0.900 bits per heavy atom. The van der Waals surface area contributed by atoms with Crippen LogP contribution in [0.25, 0.3) is 0 Å². The third-order valence-electron chi connectivity index (χ3n) is 8.63. The molecule has 0 fully saturated rings. The van der Waals surface area contributed by atoms with E-state index in [1.165, 1.54) is 89.9 Å². The summed E-state index contributed by atoms with van der Waals surface area (Å²) in [5, 5.41) is 0. The van der Waals surface area contributed by atoms with Crippen LogP contribution in [0.3, 0.4) is 0 Å². The highest BCUT2D eigenvalue weighted by molar-refractivity contribution is 7.46. The minimum absolute atomic E-state index is 0.204. The molecule has 0 aromatic heterocycles. The van der Waals surface area contributed by atoms with Crippen LogP contribution in [0.5, 0.6) is 0 Å². The van der Waals surface area contributed by atoms with Gasteiger partial charge in [0.1, 0.15) is 6.61 Å². The Morgan fingerprint density at radius 1 is 0.520 bits per heavy atom. The van der Waals surface area contributed by atoms with Gasteiger partial charge in [0.05, 0.1) is 6.61 Å². The molecule has 0 aliphatic carbocycles. The van der Waals surface area contributed by atoms with E-state index in [2.05, 4.69) is 54.8 Å².